The maximum absolute atomic E-state index is 12.8. The highest BCUT2D eigenvalue weighted by atomic mass is 16.2. The first-order valence-electron chi connectivity index (χ1n) is 9.67. The molecule has 4 rings (SSSR count). The summed E-state index contributed by atoms with van der Waals surface area (Å²) in [4.78, 5) is 27.8. The smallest absolute Gasteiger partial charge is 0.198 e. The molecule has 0 atom stereocenters. The van der Waals surface area contributed by atoms with Gasteiger partial charge in [-0.2, -0.15) is 0 Å². The molecule has 1 aliphatic heterocycles. The number of nitrogens with zero attached hydrogens (tertiary/aromatic N) is 1. The number of carbonyl (C=O) groups excluding carboxylic acids is 2. The summed E-state index contributed by atoms with van der Waals surface area (Å²) in [5.41, 5.74) is 5.50. The molecule has 3 heteroatoms. The van der Waals surface area contributed by atoms with Crippen LogP contribution in [0.3, 0.4) is 0 Å². The average Bonchev–Trinajstić information content (AvgIpc) is 2.95. The second-order valence-corrected chi connectivity index (χ2v) is 7.35. The van der Waals surface area contributed by atoms with E-state index in [0.717, 1.165) is 36.4 Å². The third kappa shape index (κ3) is 3.24. The Bertz CT molecular complexity index is 982. The molecule has 0 saturated heterocycles. The Morgan fingerprint density at radius 3 is 1.86 bits per heavy atom. The quantitative estimate of drug-likeness (QED) is 0.555. The van der Waals surface area contributed by atoms with Crippen LogP contribution in [0, 0.1) is 0 Å². The summed E-state index contributed by atoms with van der Waals surface area (Å²) in [6.07, 6.45) is 5.99. The fourth-order valence-corrected chi connectivity index (χ4v) is 4.02. The van der Waals surface area contributed by atoms with E-state index in [9.17, 15) is 9.59 Å². The largest absolute Gasteiger partial charge is 0.349 e. The van der Waals surface area contributed by atoms with Crippen molar-refractivity contribution in [3.05, 3.63) is 106 Å². The molecule has 0 bridgehead atoms. The number of hydrogen-bond acceptors (Lipinski definition) is 3. The molecular weight excluding hydrogens is 346 g/mol. The Kier molecular flexibility index (Phi) is 4.82. The van der Waals surface area contributed by atoms with Crippen molar-refractivity contribution in [2.24, 2.45) is 0 Å². The first-order valence-corrected chi connectivity index (χ1v) is 9.67. The van der Waals surface area contributed by atoms with Crippen molar-refractivity contribution in [3.8, 4) is 0 Å². The normalized spacial score (nSPS) is 16.3. The molecule has 140 valence electrons. The predicted molar refractivity (Wildman–Crippen MR) is 111 cm³/mol. The second kappa shape index (κ2) is 7.43. The molecule has 0 N–H and O–H groups in total. The number of fused-ring (bicyclic) bond motifs is 1. The lowest BCUT2D eigenvalue weighted by Gasteiger charge is -2.30. The maximum atomic E-state index is 12.8. The van der Waals surface area contributed by atoms with Gasteiger partial charge in [-0.1, -0.05) is 54.6 Å². The molecule has 1 heterocycles. The lowest BCUT2D eigenvalue weighted by Crippen LogP contribution is -2.24. The van der Waals surface area contributed by atoms with Gasteiger partial charge in [-0.25, -0.2) is 0 Å². The third-order valence-corrected chi connectivity index (χ3v) is 5.43. The molecule has 0 aromatic heterocycles. The van der Waals surface area contributed by atoms with Crippen molar-refractivity contribution in [1.29, 1.82) is 0 Å². The van der Waals surface area contributed by atoms with Crippen LogP contribution in [0.2, 0.25) is 0 Å². The summed E-state index contributed by atoms with van der Waals surface area (Å²) in [7, 11) is 0. The van der Waals surface area contributed by atoms with E-state index in [1.54, 1.807) is 24.3 Å². The van der Waals surface area contributed by atoms with Gasteiger partial charge < -0.3 is 4.90 Å². The standard InChI is InChI=1S/C25H23NO2/c1-17-15-20(23-24(27)21-12-6-7-13-22(21)25(23)28)16-18(2)26(17)14-8-11-19-9-4-3-5-10-19/h3-7,9-10,12-13,15-16H,8,11,14H2,1-2H3. The minimum absolute atomic E-state index is 0.166. The van der Waals surface area contributed by atoms with Gasteiger partial charge in [-0.05, 0) is 50.0 Å². The molecule has 0 radical (unpaired) electrons. The fourth-order valence-electron chi connectivity index (χ4n) is 4.02. The van der Waals surface area contributed by atoms with Gasteiger partial charge in [0.05, 0.1) is 5.57 Å². The zero-order valence-corrected chi connectivity index (χ0v) is 16.2. The monoisotopic (exact) mass is 369 g/mol. The fraction of sp³-hybridized carbons (Fsp3) is 0.200. The van der Waals surface area contributed by atoms with Crippen molar-refractivity contribution in [1.82, 2.24) is 4.90 Å². The summed E-state index contributed by atoms with van der Waals surface area (Å²) in [6.45, 7) is 4.98. The summed E-state index contributed by atoms with van der Waals surface area (Å²) in [5, 5.41) is 0. The minimum Gasteiger partial charge on any atom is -0.349 e. The Morgan fingerprint density at radius 2 is 1.29 bits per heavy atom. The Morgan fingerprint density at radius 1 is 0.750 bits per heavy atom. The number of Topliss-reactive ketones (excluding diaryl/α,β-unsaturated/α-hetero) is 2. The van der Waals surface area contributed by atoms with E-state index in [1.165, 1.54) is 5.56 Å². The van der Waals surface area contributed by atoms with Gasteiger partial charge in [-0.3, -0.25) is 9.59 Å². The van der Waals surface area contributed by atoms with Crippen molar-refractivity contribution in [2.45, 2.75) is 26.7 Å². The lowest BCUT2D eigenvalue weighted by atomic mass is 9.98. The van der Waals surface area contributed by atoms with Gasteiger partial charge in [0.15, 0.2) is 11.6 Å². The van der Waals surface area contributed by atoms with E-state index in [4.69, 9.17) is 0 Å². The third-order valence-electron chi connectivity index (χ3n) is 5.43. The van der Waals surface area contributed by atoms with Gasteiger partial charge in [0.2, 0.25) is 0 Å². The van der Waals surface area contributed by atoms with Gasteiger partial charge >= 0.3 is 0 Å². The van der Waals surface area contributed by atoms with Crippen molar-refractivity contribution in [2.75, 3.05) is 6.54 Å². The van der Waals surface area contributed by atoms with Crippen LogP contribution in [0.5, 0.6) is 0 Å². The van der Waals surface area contributed by atoms with Crippen molar-refractivity contribution in [3.63, 3.8) is 0 Å². The molecule has 0 unspecified atom stereocenters. The summed E-state index contributed by atoms with van der Waals surface area (Å²) in [6, 6.07) is 17.5. The van der Waals surface area contributed by atoms with Gasteiger partial charge in [0.1, 0.15) is 0 Å². The van der Waals surface area contributed by atoms with Gasteiger partial charge in [-0.15, -0.1) is 0 Å². The van der Waals surface area contributed by atoms with E-state index >= 15 is 0 Å². The van der Waals surface area contributed by atoms with Crippen LogP contribution < -0.4 is 0 Å². The number of rotatable bonds is 4. The number of hydrogen-bond donors (Lipinski definition) is 0. The Balaban J connectivity index is 1.55. The molecule has 2 aromatic carbocycles. The van der Waals surface area contributed by atoms with Crippen LogP contribution in [-0.4, -0.2) is 23.0 Å². The molecule has 0 spiro atoms. The van der Waals surface area contributed by atoms with E-state index in [1.807, 2.05) is 32.1 Å². The molecular formula is C25H23NO2. The number of benzene rings is 2. The predicted octanol–water partition coefficient (Wildman–Crippen LogP) is 5.12. The molecule has 2 aromatic rings. The SMILES string of the molecule is CC1=CC(=C2C(=O)c3ccccc3C2=O)C=C(C)N1CCCc1ccccc1. The summed E-state index contributed by atoms with van der Waals surface area (Å²) >= 11 is 0. The highest BCUT2D eigenvalue weighted by molar-refractivity contribution is 6.40. The zero-order valence-electron chi connectivity index (χ0n) is 16.2. The summed E-state index contributed by atoms with van der Waals surface area (Å²) in [5.74, 6) is -0.331. The van der Waals surface area contributed by atoms with Crippen molar-refractivity contribution < 1.29 is 9.59 Å². The van der Waals surface area contributed by atoms with E-state index in [2.05, 4.69) is 29.2 Å². The average molecular weight is 369 g/mol. The number of carbonyl (C=O) groups is 2. The first-order chi connectivity index (χ1) is 13.6. The molecule has 0 fully saturated rings. The van der Waals surface area contributed by atoms with E-state index in [0.29, 0.717) is 16.7 Å². The highest BCUT2D eigenvalue weighted by Crippen LogP contribution is 2.32. The van der Waals surface area contributed by atoms with Gasteiger partial charge in [0.25, 0.3) is 0 Å². The van der Waals surface area contributed by atoms with E-state index in [-0.39, 0.29) is 11.6 Å². The molecule has 0 saturated carbocycles. The van der Waals surface area contributed by atoms with E-state index < -0.39 is 0 Å². The number of allylic oxidation sites excluding steroid dienone is 6. The van der Waals surface area contributed by atoms with Crippen LogP contribution >= 0.6 is 0 Å². The topological polar surface area (TPSA) is 37.4 Å². The summed E-state index contributed by atoms with van der Waals surface area (Å²) < 4.78 is 0. The molecule has 2 aliphatic rings. The molecule has 1 aliphatic carbocycles. The van der Waals surface area contributed by atoms with Crippen LogP contribution in [0.1, 0.15) is 46.5 Å². The highest BCUT2D eigenvalue weighted by Gasteiger charge is 2.35. The maximum Gasteiger partial charge on any atom is 0.198 e. The number of aryl methyl sites for hydroxylation is 1. The van der Waals surface area contributed by atoms with Crippen molar-refractivity contribution >= 4 is 11.6 Å². The first kappa shape index (κ1) is 18.2. The Labute approximate surface area is 165 Å². The number of ketones is 2. The molecule has 28 heavy (non-hydrogen) atoms. The second-order valence-electron chi connectivity index (χ2n) is 7.35. The molecule has 3 nitrogen and oxygen atoms in total. The van der Waals surface area contributed by atoms with Crippen LogP contribution in [0.4, 0.5) is 0 Å². The van der Waals surface area contributed by atoms with Crippen LogP contribution in [-0.2, 0) is 6.42 Å². The lowest BCUT2D eigenvalue weighted by molar-refractivity contribution is 0.0988. The van der Waals surface area contributed by atoms with Crippen LogP contribution in [0.15, 0.2) is 89.3 Å². The van der Waals surface area contributed by atoms with Crippen LogP contribution in [0.25, 0.3) is 0 Å². The van der Waals surface area contributed by atoms with Gasteiger partial charge in [0, 0.05) is 29.1 Å². The molecule has 0 amide bonds. The Hall–Kier alpha value is -3.20. The zero-order chi connectivity index (χ0) is 19.7. The minimum atomic E-state index is -0.166.